The Balaban J connectivity index is 1.38. The van der Waals surface area contributed by atoms with Crippen LogP contribution in [0.15, 0.2) is 66.7 Å². The number of hydrogen-bond acceptors (Lipinski definition) is 15. The number of urea groups is 1. The molecule has 2 heterocycles. The first-order valence-corrected chi connectivity index (χ1v) is 32.9. The Labute approximate surface area is 558 Å². The number of likely N-dealkylation sites (N-methyl/N-ethyl adjacent to an activating group) is 2. The number of nitrogens with one attached hydrogen (secondary N) is 6. The van der Waals surface area contributed by atoms with Gasteiger partial charge in [0, 0.05) is 78.6 Å². The summed E-state index contributed by atoms with van der Waals surface area (Å²) in [5, 5.41) is 26.4. The number of hydrogen-bond donors (Lipinski definition) is 8. The van der Waals surface area contributed by atoms with Gasteiger partial charge in [-0.15, -0.1) is 0 Å². The van der Waals surface area contributed by atoms with Crippen molar-refractivity contribution < 1.29 is 76.9 Å². The third-order valence-corrected chi connectivity index (χ3v) is 17.6. The van der Waals surface area contributed by atoms with E-state index in [1.54, 1.807) is 109 Å². The molecule has 2 aromatic rings. The normalized spacial score (nSPS) is 16.9. The lowest BCUT2D eigenvalue weighted by molar-refractivity contribution is -0.148. The highest BCUT2D eigenvalue weighted by Gasteiger charge is 2.44. The number of carboxylic acids is 1. The Hall–Kier alpha value is -8.46. The first-order valence-electron chi connectivity index (χ1n) is 32.9. The van der Waals surface area contributed by atoms with Crippen molar-refractivity contribution in [2.24, 2.45) is 35.3 Å². The molecule has 0 spiro atoms. The number of ether oxygens (including phenoxy) is 3. The number of nitrogens with two attached hydrogens (primary N) is 1. The Morgan fingerprint density at radius 2 is 1.33 bits per heavy atom. The van der Waals surface area contributed by atoms with Crippen molar-refractivity contribution in [2.75, 3.05) is 53.3 Å². The zero-order valence-corrected chi connectivity index (χ0v) is 57.5. The molecule has 2 unspecified atom stereocenters. The molecule has 2 aliphatic heterocycles. The highest BCUT2D eigenvalue weighted by atomic mass is 16.6. The topological polar surface area (TPSA) is 364 Å². The van der Waals surface area contributed by atoms with Gasteiger partial charge >= 0.3 is 18.1 Å². The molecule has 0 aliphatic carbocycles. The van der Waals surface area contributed by atoms with Crippen LogP contribution in [0.4, 0.5) is 15.3 Å². The first kappa shape index (κ1) is 79.0. The maximum atomic E-state index is 14.8. The van der Waals surface area contributed by atoms with Gasteiger partial charge < -0.3 is 66.8 Å². The Bertz CT molecular complexity index is 2950. The van der Waals surface area contributed by atoms with Crippen LogP contribution in [-0.2, 0) is 75.2 Å². The summed E-state index contributed by atoms with van der Waals surface area (Å²) in [5.41, 5.74) is 6.83. The maximum Gasteiger partial charge on any atom is 0.410 e. The lowest BCUT2D eigenvalue weighted by atomic mass is 9.89. The van der Waals surface area contributed by atoms with Crippen LogP contribution in [0.3, 0.4) is 0 Å². The van der Waals surface area contributed by atoms with Gasteiger partial charge in [0.05, 0.1) is 36.6 Å². The van der Waals surface area contributed by atoms with Crippen LogP contribution in [-0.4, -0.2) is 198 Å². The van der Waals surface area contributed by atoms with Gasteiger partial charge in [0.1, 0.15) is 36.8 Å². The second-order valence-corrected chi connectivity index (χ2v) is 25.7. The number of likely N-dealkylation sites (tertiary alicyclic amines) is 1. The molecular formula is C68H103N11O16. The summed E-state index contributed by atoms with van der Waals surface area (Å²) in [7, 11) is 5.96. The van der Waals surface area contributed by atoms with Crippen LogP contribution < -0.4 is 37.6 Å². The van der Waals surface area contributed by atoms with Gasteiger partial charge in [0.25, 0.3) is 11.8 Å². The second-order valence-electron chi connectivity index (χ2n) is 25.7. The zero-order chi connectivity index (χ0) is 70.8. The van der Waals surface area contributed by atoms with Crippen molar-refractivity contribution in [3.63, 3.8) is 0 Å². The minimum atomic E-state index is -1.19. The summed E-state index contributed by atoms with van der Waals surface area (Å²) < 4.78 is 17.7. The van der Waals surface area contributed by atoms with Crippen LogP contribution >= 0.6 is 0 Å². The number of carbonyl (C=O) groups is 12. The number of amides is 12. The quantitative estimate of drug-likeness (QED) is 0.0333. The molecule has 9 N–H and O–H groups in total. The minimum absolute atomic E-state index is 0.0752. The molecule has 12 amide bonds. The first-order chi connectivity index (χ1) is 44.9. The third kappa shape index (κ3) is 23.8. The molecule has 1 saturated heterocycles. The maximum absolute atomic E-state index is 14.8. The number of primary amides is 1. The van der Waals surface area contributed by atoms with Crippen LogP contribution in [0.5, 0.6) is 0 Å². The summed E-state index contributed by atoms with van der Waals surface area (Å²) >= 11 is 0. The highest BCUT2D eigenvalue weighted by molar-refractivity contribution is 6.12. The molecule has 27 nitrogen and oxygen atoms in total. The molecule has 0 radical (unpaired) electrons. The average Bonchev–Trinajstić information content (AvgIpc) is 1.81. The summed E-state index contributed by atoms with van der Waals surface area (Å²) in [5.74, 6) is -7.74. The summed E-state index contributed by atoms with van der Waals surface area (Å²) in [6, 6.07) is 7.86. The Kier molecular flexibility index (Phi) is 32.2. The molecule has 2 aliphatic rings. The molecule has 1 fully saturated rings. The van der Waals surface area contributed by atoms with Crippen molar-refractivity contribution in [3.8, 4) is 0 Å². The average molecular weight is 1330 g/mol. The van der Waals surface area contributed by atoms with Crippen molar-refractivity contribution in [1.29, 1.82) is 0 Å². The Morgan fingerprint density at radius 3 is 1.89 bits per heavy atom. The van der Waals surface area contributed by atoms with Crippen molar-refractivity contribution >= 4 is 76.9 Å². The van der Waals surface area contributed by atoms with E-state index < -0.39 is 126 Å². The zero-order valence-electron chi connectivity index (χ0n) is 57.5. The molecule has 526 valence electrons. The molecule has 0 aromatic heterocycles. The van der Waals surface area contributed by atoms with E-state index in [1.165, 1.54) is 38.3 Å². The van der Waals surface area contributed by atoms with Gasteiger partial charge in [-0.2, -0.15) is 0 Å². The highest BCUT2D eigenvalue weighted by Crippen LogP contribution is 2.30. The molecule has 11 atom stereocenters. The van der Waals surface area contributed by atoms with Crippen LogP contribution in [0, 0.1) is 29.6 Å². The summed E-state index contributed by atoms with van der Waals surface area (Å²) in [4.78, 5) is 165. The smallest absolute Gasteiger partial charge is 0.410 e. The van der Waals surface area contributed by atoms with Crippen LogP contribution in [0.2, 0.25) is 0 Å². The second kappa shape index (κ2) is 38.8. The van der Waals surface area contributed by atoms with Gasteiger partial charge in [-0.1, -0.05) is 118 Å². The van der Waals surface area contributed by atoms with Crippen LogP contribution in [0.1, 0.15) is 138 Å². The SMILES string of the molecule is CC[C@H](C)[C@@H](C(CC(=O)N1CCC[C@H]1[C@H](OC)[C@@H](C)C(=O)N[C@@H](Cc1ccccc1)C(=O)O)OC)N(C)C(=O)[C@@H](NC(=O)[C@H](C(C)C)N(C)C(=O)OCc1ccc(NC(=O)[C@H](CCCNC(N)=O)NC(=O)C(NC(=O)CCCCCN2C(=O)C=CC2=O)C(C)C)cc1)C(C)C. The lowest BCUT2D eigenvalue weighted by Crippen LogP contribution is -2.60. The van der Waals surface area contributed by atoms with E-state index in [9.17, 15) is 62.6 Å². The van der Waals surface area contributed by atoms with E-state index in [1.807, 2.05) is 19.9 Å². The molecule has 2 aromatic carbocycles. The van der Waals surface area contributed by atoms with Gasteiger partial charge in [0.15, 0.2) is 0 Å². The monoisotopic (exact) mass is 1330 g/mol. The number of rotatable bonds is 39. The molecule has 27 heteroatoms. The van der Waals surface area contributed by atoms with Crippen molar-refractivity contribution in [3.05, 3.63) is 77.9 Å². The number of benzene rings is 2. The van der Waals surface area contributed by atoms with E-state index in [4.69, 9.17) is 19.9 Å². The number of unbranched alkanes of at least 4 members (excludes halogenated alkanes) is 2. The fraction of sp³-hybridized carbons (Fsp3) is 0.618. The van der Waals surface area contributed by atoms with Gasteiger partial charge in [0.2, 0.25) is 41.4 Å². The van der Waals surface area contributed by atoms with Gasteiger partial charge in [-0.3, -0.25) is 53.0 Å². The number of carboxylic acid groups (broad SMARTS) is 1. The molecule has 95 heavy (non-hydrogen) atoms. The summed E-state index contributed by atoms with van der Waals surface area (Å²) in [6.07, 6.45) is 3.58. The Morgan fingerprint density at radius 1 is 0.695 bits per heavy atom. The van der Waals surface area contributed by atoms with Crippen LogP contribution in [0.25, 0.3) is 0 Å². The standard InChI is InChI=1S/C68H103N11O16/c1-14-43(8)59(51(93-12)38-55(83)78-36-22-26-50(78)60(94-13)44(9)61(84)73-49(66(89)90)37-45-23-17-15-18-24-45)76(10)65(88)57(41(4)5)75-64(87)58(42(6)7)77(11)68(92)95-39-46-28-30-47(31-29-46)71-62(85)48(25-21-34-70-67(69)91)72-63(86)56(40(2)3)74-52(80)27-19-16-20-35-79-53(81)32-33-54(79)82/h15,17-18,23-24,28-33,40-44,48-51,56-60H,14,16,19-22,25-27,34-39H2,1-13H3,(H,71,85)(H,72,86)(H,73,84)(H,74,80)(H,75,87)(H,89,90)(H3,69,70,91)/t43-,44+,48-,49-,50-,51?,56?,57-,58-,59-,60+/m0/s1. The van der Waals surface area contributed by atoms with Gasteiger partial charge in [-0.05, 0) is 85.5 Å². The number of imide groups is 1. The fourth-order valence-corrected chi connectivity index (χ4v) is 12.0. The largest absolute Gasteiger partial charge is 0.480 e. The van der Waals surface area contributed by atoms with E-state index >= 15 is 0 Å². The van der Waals surface area contributed by atoms with E-state index in [2.05, 4.69) is 31.9 Å². The van der Waals surface area contributed by atoms with E-state index in [-0.39, 0.29) is 81.4 Å². The third-order valence-electron chi connectivity index (χ3n) is 17.6. The lowest BCUT2D eigenvalue weighted by Gasteiger charge is -2.41. The van der Waals surface area contributed by atoms with E-state index in [0.717, 1.165) is 15.4 Å². The number of carbonyl (C=O) groups excluding carboxylic acids is 11. The minimum Gasteiger partial charge on any atom is -0.480 e. The molecule has 0 saturated carbocycles. The molecular weight excluding hydrogens is 1230 g/mol. The number of aliphatic carboxylic acids is 1. The van der Waals surface area contributed by atoms with Gasteiger partial charge in [-0.25, -0.2) is 14.4 Å². The predicted octanol–water partition coefficient (Wildman–Crippen LogP) is 4.65. The van der Waals surface area contributed by atoms with Crippen molar-refractivity contribution in [2.45, 2.75) is 194 Å². The molecule has 0 bridgehead atoms. The number of methoxy groups -OCH3 is 2. The summed E-state index contributed by atoms with van der Waals surface area (Å²) in [6.45, 7) is 16.6. The molecule has 4 rings (SSSR count). The number of anilines is 1. The van der Waals surface area contributed by atoms with Crippen molar-refractivity contribution in [1.82, 2.24) is 46.2 Å². The number of nitrogens with zero attached hydrogens (tertiary/aromatic N) is 4. The van der Waals surface area contributed by atoms with E-state index in [0.29, 0.717) is 56.3 Å². The fourth-order valence-electron chi connectivity index (χ4n) is 12.0. The predicted molar refractivity (Wildman–Crippen MR) is 354 cm³/mol.